The number of aromatic nitrogens is 2. The van der Waals surface area contributed by atoms with E-state index in [2.05, 4.69) is 32.0 Å². The van der Waals surface area contributed by atoms with Gasteiger partial charge in [0, 0.05) is 65.3 Å². The maximum atomic E-state index is 13.0. The van der Waals surface area contributed by atoms with Gasteiger partial charge in [-0.1, -0.05) is 35.5 Å². The van der Waals surface area contributed by atoms with Crippen molar-refractivity contribution in [1.82, 2.24) is 14.5 Å². The number of para-hydroxylation sites is 1. The number of fused-ring (bicyclic) bond motifs is 10. The number of nitrogens with zero attached hydrogens (tertiary/aromatic N) is 5. The molecule has 8 nitrogen and oxygen atoms in total. The lowest BCUT2D eigenvalue weighted by Gasteiger charge is -2.11. The van der Waals surface area contributed by atoms with Crippen LogP contribution in [0.4, 0.5) is 0 Å². The van der Waals surface area contributed by atoms with E-state index < -0.39 is 0 Å². The number of carbonyl (C=O) groups is 2. The maximum absolute atomic E-state index is 13.0. The molecule has 0 bridgehead atoms. The molecule has 33 heavy (non-hydrogen) atoms. The summed E-state index contributed by atoms with van der Waals surface area (Å²) in [5, 5.41) is 9.74. The van der Waals surface area contributed by atoms with E-state index in [1.165, 1.54) is 0 Å². The van der Waals surface area contributed by atoms with Crippen LogP contribution in [0.15, 0.2) is 35.5 Å². The summed E-state index contributed by atoms with van der Waals surface area (Å²) < 4.78 is 4.30. The van der Waals surface area contributed by atoms with Crippen LogP contribution in [0.1, 0.15) is 51.2 Å². The molecule has 0 saturated carbocycles. The topological polar surface area (TPSA) is 105 Å². The molecule has 3 heterocycles. The van der Waals surface area contributed by atoms with Gasteiger partial charge in [0.05, 0.1) is 22.3 Å². The van der Waals surface area contributed by atoms with Crippen molar-refractivity contribution in [1.29, 1.82) is 0 Å². The first-order valence-corrected chi connectivity index (χ1v) is 11.2. The Kier molecular flexibility index (Phi) is 4.32. The maximum Gasteiger partial charge on any atom is 0.252 e. The van der Waals surface area contributed by atoms with Crippen LogP contribution in [0, 0.1) is 0 Å². The van der Waals surface area contributed by atoms with Gasteiger partial charge in [0.25, 0.3) is 5.91 Å². The Bertz CT molecular complexity index is 1600. The lowest BCUT2D eigenvalue weighted by atomic mass is 9.94. The van der Waals surface area contributed by atoms with E-state index in [0.717, 1.165) is 63.2 Å². The zero-order valence-corrected chi connectivity index (χ0v) is 18.3. The van der Waals surface area contributed by atoms with Crippen molar-refractivity contribution in [3.05, 3.63) is 63.2 Å². The molecule has 8 heteroatoms. The third-order valence-electron chi connectivity index (χ3n) is 6.94. The number of unbranched alkanes of at least 4 members (excludes halogenated alkanes) is 1. The third kappa shape index (κ3) is 2.61. The smallest absolute Gasteiger partial charge is 0.252 e. The molecule has 1 amide bonds. The Morgan fingerprint density at radius 1 is 1.15 bits per heavy atom. The molecular formula is C25H22N6O2. The van der Waals surface area contributed by atoms with E-state index >= 15 is 0 Å². The fraction of sp³-hybridized carbons (Fsp3) is 0.280. The molecule has 0 unspecified atom stereocenters. The summed E-state index contributed by atoms with van der Waals surface area (Å²) in [6, 6.07) is 8.27. The number of aryl methyl sites for hydroxylation is 2. The highest BCUT2D eigenvalue weighted by atomic mass is 16.2. The number of hydrogen-bond donors (Lipinski definition) is 1. The fourth-order valence-electron chi connectivity index (χ4n) is 5.66. The molecule has 1 aliphatic carbocycles. The number of hydrogen-bond acceptors (Lipinski definition) is 3. The summed E-state index contributed by atoms with van der Waals surface area (Å²) >= 11 is 0. The molecule has 0 atom stereocenters. The normalized spacial score (nSPS) is 14.7. The van der Waals surface area contributed by atoms with Gasteiger partial charge in [-0.25, -0.2) is 0 Å². The Balaban J connectivity index is 1.76. The van der Waals surface area contributed by atoms with Gasteiger partial charge < -0.3 is 14.5 Å². The van der Waals surface area contributed by atoms with E-state index in [0.29, 0.717) is 30.8 Å². The quantitative estimate of drug-likeness (QED) is 0.200. The fourth-order valence-corrected chi connectivity index (χ4v) is 5.66. The molecule has 6 rings (SSSR count). The van der Waals surface area contributed by atoms with Crippen LogP contribution in [0.25, 0.3) is 49.2 Å². The Labute approximate surface area is 189 Å². The van der Waals surface area contributed by atoms with Gasteiger partial charge in [0.15, 0.2) is 5.78 Å². The molecule has 2 aromatic heterocycles. The number of amides is 1. The number of benzene rings is 2. The zero-order chi connectivity index (χ0) is 22.7. The molecule has 1 N–H and O–H groups in total. The third-order valence-corrected chi connectivity index (χ3v) is 6.94. The largest absolute Gasteiger partial charge is 0.348 e. The van der Waals surface area contributed by atoms with Crippen LogP contribution in [0.5, 0.6) is 0 Å². The van der Waals surface area contributed by atoms with Crippen molar-refractivity contribution < 1.29 is 9.59 Å². The lowest BCUT2D eigenvalue weighted by Crippen LogP contribution is -2.12. The van der Waals surface area contributed by atoms with Gasteiger partial charge in [-0.15, -0.1) is 0 Å². The van der Waals surface area contributed by atoms with Gasteiger partial charge in [-0.05, 0) is 30.0 Å². The van der Waals surface area contributed by atoms with Crippen LogP contribution < -0.4 is 5.32 Å². The van der Waals surface area contributed by atoms with Crippen LogP contribution in [-0.4, -0.2) is 27.4 Å². The highest BCUT2D eigenvalue weighted by Gasteiger charge is 2.34. The molecule has 1 aliphatic heterocycles. The van der Waals surface area contributed by atoms with Crippen molar-refractivity contribution in [3.8, 4) is 0 Å². The monoisotopic (exact) mass is 438 g/mol. The Hall–Kier alpha value is -4.03. The Morgan fingerprint density at radius 3 is 2.85 bits per heavy atom. The number of allylic oxidation sites excluding steroid dienone is 1. The van der Waals surface area contributed by atoms with Crippen molar-refractivity contribution in [2.75, 3.05) is 6.54 Å². The van der Waals surface area contributed by atoms with Crippen LogP contribution in [0.2, 0.25) is 0 Å². The second-order valence-corrected chi connectivity index (χ2v) is 8.66. The van der Waals surface area contributed by atoms with Crippen LogP contribution >= 0.6 is 0 Å². The highest BCUT2D eigenvalue weighted by Crippen LogP contribution is 2.45. The molecule has 4 aromatic rings. The summed E-state index contributed by atoms with van der Waals surface area (Å²) in [6.45, 7) is 1.70. The first-order valence-electron chi connectivity index (χ1n) is 11.2. The first-order chi connectivity index (χ1) is 16.1. The lowest BCUT2D eigenvalue weighted by molar-refractivity contribution is 0.0963. The number of azide groups is 1. The van der Waals surface area contributed by atoms with E-state index in [-0.39, 0.29) is 11.7 Å². The summed E-state index contributed by atoms with van der Waals surface area (Å²) in [6.07, 6.45) is 5.89. The second-order valence-electron chi connectivity index (χ2n) is 8.66. The second kappa shape index (κ2) is 7.25. The number of ketones is 1. The highest BCUT2D eigenvalue weighted by molar-refractivity contribution is 6.28. The zero-order valence-electron chi connectivity index (χ0n) is 18.3. The van der Waals surface area contributed by atoms with Crippen molar-refractivity contribution in [2.45, 2.75) is 32.4 Å². The van der Waals surface area contributed by atoms with Gasteiger partial charge >= 0.3 is 0 Å². The Morgan fingerprint density at radius 2 is 2.00 bits per heavy atom. The summed E-state index contributed by atoms with van der Waals surface area (Å²) in [5.41, 5.74) is 14.9. The molecule has 2 aromatic carbocycles. The number of Topliss-reactive ketones (excluding diaryl/α,β-unsaturated/α-hetero) is 1. The number of nitrogens with one attached hydrogen (secondary N) is 1. The predicted octanol–water partition coefficient (Wildman–Crippen LogP) is 5.22. The summed E-state index contributed by atoms with van der Waals surface area (Å²) in [4.78, 5) is 28.8. The minimum Gasteiger partial charge on any atom is -0.348 e. The molecule has 0 spiro atoms. The van der Waals surface area contributed by atoms with Crippen molar-refractivity contribution in [3.63, 3.8) is 0 Å². The minimum atomic E-state index is -0.0806. The molecule has 2 aliphatic rings. The average molecular weight is 438 g/mol. The molecule has 0 radical (unpaired) electrons. The summed E-state index contributed by atoms with van der Waals surface area (Å²) in [5.74, 6) is -0.00792. The first kappa shape index (κ1) is 19.6. The molecule has 0 saturated heterocycles. The minimum absolute atomic E-state index is 0.0727. The standard InChI is InChI=1S/C25H22N6O2/c1-30-22-15(8-6-10-18(22)32)20-21-16(13-27-25(21)33)19-14-7-2-3-9-17(14)31(24(19)23(20)30)12-5-4-11-28-29-26/h2-3,6-9H,4-5,10-13H2,1H3,(H,27,33). The number of rotatable bonds is 5. The van der Waals surface area contributed by atoms with Crippen LogP contribution in [0.3, 0.4) is 0 Å². The van der Waals surface area contributed by atoms with Gasteiger partial charge in [-0.2, -0.15) is 0 Å². The van der Waals surface area contributed by atoms with Crippen LogP contribution in [-0.2, 0) is 20.1 Å². The van der Waals surface area contributed by atoms with Gasteiger partial charge in [-0.3, -0.25) is 9.59 Å². The molecular weight excluding hydrogens is 416 g/mol. The van der Waals surface area contributed by atoms with E-state index in [4.69, 9.17) is 5.53 Å². The van der Waals surface area contributed by atoms with E-state index in [1.54, 1.807) is 0 Å². The SMILES string of the molecule is Cn1c2c(c3c4c(c5c6ccccc6n(CCCCN=[N+]=[N-])c5c31)CNC4=O)C=CCC2=O. The molecule has 0 fully saturated rings. The van der Waals surface area contributed by atoms with Gasteiger partial charge in [0.2, 0.25) is 0 Å². The van der Waals surface area contributed by atoms with Gasteiger partial charge in [0.1, 0.15) is 0 Å². The van der Waals surface area contributed by atoms with E-state index in [1.807, 2.05) is 35.9 Å². The predicted molar refractivity (Wildman–Crippen MR) is 128 cm³/mol. The average Bonchev–Trinajstić information content (AvgIpc) is 3.45. The number of carbonyl (C=O) groups excluding carboxylic acids is 2. The van der Waals surface area contributed by atoms with Crippen molar-refractivity contribution >= 4 is 50.5 Å². The van der Waals surface area contributed by atoms with Crippen molar-refractivity contribution in [2.24, 2.45) is 12.2 Å². The summed E-state index contributed by atoms with van der Waals surface area (Å²) in [7, 11) is 1.93. The van der Waals surface area contributed by atoms with E-state index in [9.17, 15) is 9.59 Å². The molecule has 164 valence electrons.